The number of nitrogens with two attached hydrogens (primary N) is 1. The Labute approximate surface area is 185 Å². The van der Waals surface area contributed by atoms with Crippen LogP contribution in [0.4, 0.5) is 10.6 Å². The van der Waals surface area contributed by atoms with Crippen LogP contribution < -0.4 is 15.8 Å². The molecule has 10 heteroatoms. The van der Waals surface area contributed by atoms with E-state index in [0.29, 0.717) is 50.1 Å². The zero-order chi connectivity index (χ0) is 22.7. The number of hydrogen-bond donors (Lipinski definition) is 2. The summed E-state index contributed by atoms with van der Waals surface area (Å²) in [5, 5.41) is 2.52. The van der Waals surface area contributed by atoms with E-state index in [1.807, 2.05) is 29.5 Å². The van der Waals surface area contributed by atoms with Gasteiger partial charge < -0.3 is 29.1 Å². The minimum absolute atomic E-state index is 0.356. The molecule has 0 unspecified atom stereocenters. The highest BCUT2D eigenvalue weighted by molar-refractivity contribution is 5.89. The maximum Gasteiger partial charge on any atom is 0.317 e. The van der Waals surface area contributed by atoms with E-state index in [1.165, 1.54) is 0 Å². The van der Waals surface area contributed by atoms with Crippen molar-refractivity contribution < 1.29 is 23.7 Å². The molecule has 170 valence electrons. The van der Waals surface area contributed by atoms with Gasteiger partial charge in [0.25, 0.3) is 0 Å². The summed E-state index contributed by atoms with van der Waals surface area (Å²) >= 11 is 0. The summed E-state index contributed by atoms with van der Waals surface area (Å²) in [7, 11) is 3.30. The molecule has 0 spiro atoms. The molecule has 0 aliphatic carbocycles. The van der Waals surface area contributed by atoms with Crippen LogP contribution in [0.3, 0.4) is 0 Å². The number of anilines is 1. The molecule has 2 amide bonds. The Hall–Kier alpha value is -3.21. The molecular weight excluding hydrogens is 414 g/mol. The van der Waals surface area contributed by atoms with Crippen LogP contribution in [0.5, 0.6) is 5.75 Å². The largest absolute Gasteiger partial charge is 0.491 e. The van der Waals surface area contributed by atoms with Crippen LogP contribution in [-0.2, 0) is 19.8 Å². The van der Waals surface area contributed by atoms with Gasteiger partial charge in [-0.05, 0) is 13.0 Å². The van der Waals surface area contributed by atoms with Crippen molar-refractivity contribution in [2.45, 2.75) is 18.9 Å². The monoisotopic (exact) mass is 441 g/mol. The molecule has 4 heterocycles. The molecule has 0 saturated carbocycles. The second-order valence-corrected chi connectivity index (χ2v) is 7.63. The second kappa shape index (κ2) is 9.11. The third-order valence-corrected chi connectivity index (χ3v) is 5.58. The lowest BCUT2D eigenvalue weighted by Gasteiger charge is -2.26. The van der Waals surface area contributed by atoms with Gasteiger partial charge in [-0.2, -0.15) is 0 Å². The van der Waals surface area contributed by atoms with Crippen LogP contribution in [-0.4, -0.2) is 61.0 Å². The van der Waals surface area contributed by atoms with Crippen LogP contribution in [0.2, 0.25) is 0 Å². The van der Waals surface area contributed by atoms with Crippen molar-refractivity contribution >= 4 is 17.4 Å². The van der Waals surface area contributed by atoms with E-state index in [0.717, 1.165) is 22.5 Å². The summed E-state index contributed by atoms with van der Waals surface area (Å²) < 4.78 is 24.5. The van der Waals surface area contributed by atoms with Crippen molar-refractivity contribution in [1.82, 2.24) is 14.4 Å². The van der Waals surface area contributed by atoms with E-state index in [9.17, 15) is 4.79 Å². The summed E-state index contributed by atoms with van der Waals surface area (Å²) in [4.78, 5) is 20.5. The number of primary amides is 1. The first-order valence-electron chi connectivity index (χ1n) is 10.3. The quantitative estimate of drug-likeness (QED) is 0.515. The number of pyridine rings is 1. The van der Waals surface area contributed by atoms with E-state index in [4.69, 9.17) is 29.7 Å². The number of nitrogens with one attached hydrogen (secondary N) is 1. The third kappa shape index (κ3) is 4.24. The Morgan fingerprint density at radius 1 is 1.28 bits per heavy atom. The second-order valence-electron chi connectivity index (χ2n) is 7.63. The number of aryl methyl sites for hydroxylation is 1. The molecule has 1 aliphatic rings. The molecule has 1 saturated heterocycles. The van der Waals surface area contributed by atoms with Gasteiger partial charge in [0.15, 0.2) is 0 Å². The normalized spacial score (nSPS) is 18.2. The van der Waals surface area contributed by atoms with Crippen LogP contribution in [0.15, 0.2) is 30.6 Å². The summed E-state index contributed by atoms with van der Waals surface area (Å²) in [6.45, 7) is 3.86. The molecule has 0 radical (unpaired) electrons. The minimum atomic E-state index is -0.677. The van der Waals surface area contributed by atoms with E-state index in [-0.39, 0.29) is 0 Å². The van der Waals surface area contributed by atoms with Gasteiger partial charge in [0.1, 0.15) is 30.1 Å². The zero-order valence-corrected chi connectivity index (χ0v) is 18.4. The van der Waals surface area contributed by atoms with Gasteiger partial charge in [-0.1, -0.05) is 0 Å². The Balaban J connectivity index is 1.84. The highest BCUT2D eigenvalue weighted by atomic mass is 16.6. The smallest absolute Gasteiger partial charge is 0.317 e. The highest BCUT2D eigenvalue weighted by Gasteiger charge is 2.39. The molecule has 4 rings (SSSR count). The lowest BCUT2D eigenvalue weighted by atomic mass is 9.97. The average Bonchev–Trinajstić information content (AvgIpc) is 3.39. The number of carbonyl (C=O) groups is 1. The lowest BCUT2D eigenvalue weighted by Crippen LogP contribution is -2.30. The molecule has 32 heavy (non-hydrogen) atoms. The molecule has 10 nitrogen and oxygen atoms in total. The Bertz CT molecular complexity index is 1120. The number of amides is 2. The van der Waals surface area contributed by atoms with Gasteiger partial charge in [-0.15, -0.1) is 0 Å². The fraction of sp³-hybridized carbons (Fsp3) is 0.409. The number of ether oxygens (including phenoxy) is 4. The van der Waals surface area contributed by atoms with Crippen LogP contribution >= 0.6 is 0 Å². The van der Waals surface area contributed by atoms with Gasteiger partial charge in [0.05, 0.1) is 30.1 Å². The van der Waals surface area contributed by atoms with E-state index in [1.54, 1.807) is 26.6 Å². The van der Waals surface area contributed by atoms with E-state index < -0.39 is 11.6 Å². The topological polar surface area (TPSA) is 122 Å². The molecule has 1 fully saturated rings. The molecule has 0 aromatic carbocycles. The fourth-order valence-electron chi connectivity index (χ4n) is 3.88. The molecule has 3 aromatic heterocycles. The van der Waals surface area contributed by atoms with Crippen molar-refractivity contribution in [2.24, 2.45) is 5.73 Å². The third-order valence-electron chi connectivity index (χ3n) is 5.58. The first kappa shape index (κ1) is 22.0. The fourth-order valence-corrected chi connectivity index (χ4v) is 3.88. The first-order chi connectivity index (χ1) is 15.5. The molecular formula is C22H27N5O5. The van der Waals surface area contributed by atoms with Gasteiger partial charge in [0, 0.05) is 56.7 Å². The number of carbonyl (C=O) groups excluding carboxylic acids is 1. The SMILES string of the molecule is COCCOc1cc(-c2cc(C)n3cnc(NC(N)=O)cc23)nc([C@@]2(OC)CCOC2)c1. The predicted octanol–water partition coefficient (Wildman–Crippen LogP) is 2.48. The molecule has 1 aliphatic heterocycles. The number of urea groups is 1. The van der Waals surface area contributed by atoms with Gasteiger partial charge in [-0.3, -0.25) is 5.32 Å². The number of aromatic nitrogens is 3. The molecule has 1 atom stereocenters. The van der Waals surface area contributed by atoms with E-state index in [2.05, 4.69) is 10.3 Å². The summed E-state index contributed by atoms with van der Waals surface area (Å²) in [6, 6.07) is 6.88. The maximum absolute atomic E-state index is 11.3. The maximum atomic E-state index is 11.3. The van der Waals surface area contributed by atoms with Crippen LogP contribution in [0.1, 0.15) is 17.8 Å². The van der Waals surface area contributed by atoms with Gasteiger partial charge in [0.2, 0.25) is 0 Å². The number of nitrogens with zero attached hydrogens (tertiary/aromatic N) is 3. The number of methoxy groups -OCH3 is 2. The standard InChI is InChI=1S/C22H27N5O5/c1-14-8-16(18-11-20(26-21(23)28)24-13-27(14)18)17-9-15(32-7-6-29-2)10-19(25-17)22(30-3)4-5-31-12-22/h8-11,13H,4-7,12H2,1-3H3,(H3,23,26,28)/t22-/m1/s1. The van der Waals surface area contributed by atoms with E-state index >= 15 is 0 Å². The lowest BCUT2D eigenvalue weighted by molar-refractivity contribution is -0.0247. The number of rotatable bonds is 8. The zero-order valence-electron chi connectivity index (χ0n) is 18.4. The molecule has 0 bridgehead atoms. The Kier molecular flexibility index (Phi) is 6.26. The first-order valence-corrected chi connectivity index (χ1v) is 10.3. The summed E-state index contributed by atoms with van der Waals surface area (Å²) in [6.07, 6.45) is 2.34. The number of fused-ring (bicyclic) bond motifs is 1. The highest BCUT2D eigenvalue weighted by Crippen LogP contribution is 2.37. The van der Waals surface area contributed by atoms with Crippen LogP contribution in [0.25, 0.3) is 16.8 Å². The van der Waals surface area contributed by atoms with Crippen molar-refractivity contribution in [3.05, 3.63) is 42.0 Å². The molecule has 3 aromatic rings. The Morgan fingerprint density at radius 2 is 2.12 bits per heavy atom. The molecule has 3 N–H and O–H groups in total. The summed E-state index contributed by atoms with van der Waals surface area (Å²) in [5.74, 6) is 1.02. The van der Waals surface area contributed by atoms with Crippen molar-refractivity contribution in [3.8, 4) is 17.0 Å². The minimum Gasteiger partial charge on any atom is -0.491 e. The Morgan fingerprint density at radius 3 is 2.81 bits per heavy atom. The van der Waals surface area contributed by atoms with Gasteiger partial charge in [-0.25, -0.2) is 14.8 Å². The predicted molar refractivity (Wildman–Crippen MR) is 118 cm³/mol. The number of hydrogen-bond acceptors (Lipinski definition) is 7. The van der Waals surface area contributed by atoms with Crippen molar-refractivity contribution in [3.63, 3.8) is 0 Å². The van der Waals surface area contributed by atoms with Crippen molar-refractivity contribution in [1.29, 1.82) is 0 Å². The average molecular weight is 441 g/mol. The van der Waals surface area contributed by atoms with Crippen molar-refractivity contribution in [2.75, 3.05) is 46.0 Å². The van der Waals surface area contributed by atoms with Crippen LogP contribution in [0, 0.1) is 6.92 Å². The summed E-state index contributed by atoms with van der Waals surface area (Å²) in [5.41, 5.74) is 8.72. The van der Waals surface area contributed by atoms with Gasteiger partial charge >= 0.3 is 6.03 Å².